The molecule has 1 aromatic heterocycles. The van der Waals surface area contributed by atoms with Gasteiger partial charge in [-0.25, -0.2) is 0 Å². The van der Waals surface area contributed by atoms with Crippen molar-refractivity contribution >= 4 is 11.6 Å². The summed E-state index contributed by atoms with van der Waals surface area (Å²) >= 11 is 0. The van der Waals surface area contributed by atoms with E-state index in [0.29, 0.717) is 13.0 Å². The number of benzene rings is 1. The van der Waals surface area contributed by atoms with Gasteiger partial charge in [0.25, 0.3) is 0 Å². The van der Waals surface area contributed by atoms with E-state index >= 15 is 0 Å². The molecule has 1 atom stereocenters. The Morgan fingerprint density at radius 2 is 1.95 bits per heavy atom. The molecule has 100 valence electrons. The minimum absolute atomic E-state index is 0.0181. The van der Waals surface area contributed by atoms with Gasteiger partial charge in [-0.15, -0.1) is 0 Å². The SMILES string of the molecule is CC(CCN)C(=O)Nc1ccc(-n2nccn2)cc1. The number of nitrogens with zero attached hydrogens (tertiary/aromatic N) is 3. The largest absolute Gasteiger partial charge is 0.330 e. The topological polar surface area (TPSA) is 85.8 Å². The van der Waals surface area contributed by atoms with Gasteiger partial charge in [-0.2, -0.15) is 15.0 Å². The number of carbonyl (C=O) groups excluding carboxylic acids is 1. The summed E-state index contributed by atoms with van der Waals surface area (Å²) in [6.07, 6.45) is 3.91. The molecular formula is C13H17N5O. The summed E-state index contributed by atoms with van der Waals surface area (Å²) in [5, 5.41) is 10.9. The van der Waals surface area contributed by atoms with Gasteiger partial charge in [0.2, 0.25) is 5.91 Å². The first-order valence-electron chi connectivity index (χ1n) is 6.18. The van der Waals surface area contributed by atoms with Gasteiger partial charge < -0.3 is 11.1 Å². The Morgan fingerprint density at radius 1 is 1.32 bits per heavy atom. The third kappa shape index (κ3) is 3.38. The van der Waals surface area contributed by atoms with E-state index in [0.717, 1.165) is 11.4 Å². The molecule has 0 saturated heterocycles. The lowest BCUT2D eigenvalue weighted by Gasteiger charge is -2.11. The predicted octanol–water partition coefficient (Wildman–Crippen LogP) is 1.19. The van der Waals surface area contributed by atoms with Crippen molar-refractivity contribution in [2.45, 2.75) is 13.3 Å². The van der Waals surface area contributed by atoms with E-state index in [-0.39, 0.29) is 11.8 Å². The minimum atomic E-state index is -0.0857. The zero-order chi connectivity index (χ0) is 13.7. The maximum Gasteiger partial charge on any atom is 0.227 e. The maximum absolute atomic E-state index is 11.8. The molecule has 6 heteroatoms. The summed E-state index contributed by atoms with van der Waals surface area (Å²) in [5.74, 6) is -0.104. The highest BCUT2D eigenvalue weighted by atomic mass is 16.1. The Bertz CT molecular complexity index is 520. The summed E-state index contributed by atoms with van der Waals surface area (Å²) < 4.78 is 0. The first kappa shape index (κ1) is 13.2. The summed E-state index contributed by atoms with van der Waals surface area (Å²) in [5.41, 5.74) is 7.04. The minimum Gasteiger partial charge on any atom is -0.330 e. The van der Waals surface area contributed by atoms with Crippen molar-refractivity contribution in [1.82, 2.24) is 15.0 Å². The summed E-state index contributed by atoms with van der Waals surface area (Å²) in [6, 6.07) is 7.35. The van der Waals surface area contributed by atoms with Gasteiger partial charge in [-0.05, 0) is 37.2 Å². The molecule has 0 aliphatic carbocycles. The second-order valence-electron chi connectivity index (χ2n) is 4.33. The molecule has 0 spiro atoms. The van der Waals surface area contributed by atoms with Crippen molar-refractivity contribution in [2.24, 2.45) is 11.7 Å². The van der Waals surface area contributed by atoms with Crippen LogP contribution in [0, 0.1) is 5.92 Å². The fourth-order valence-corrected chi connectivity index (χ4v) is 1.67. The van der Waals surface area contributed by atoms with Crippen LogP contribution in [-0.2, 0) is 4.79 Å². The van der Waals surface area contributed by atoms with Gasteiger partial charge in [0.05, 0.1) is 18.1 Å². The lowest BCUT2D eigenvalue weighted by atomic mass is 10.1. The molecule has 0 saturated carbocycles. The van der Waals surface area contributed by atoms with E-state index in [1.165, 1.54) is 4.80 Å². The van der Waals surface area contributed by atoms with Crippen LogP contribution in [0.3, 0.4) is 0 Å². The molecule has 6 nitrogen and oxygen atoms in total. The lowest BCUT2D eigenvalue weighted by molar-refractivity contribution is -0.119. The highest BCUT2D eigenvalue weighted by molar-refractivity contribution is 5.92. The van der Waals surface area contributed by atoms with E-state index in [1.807, 2.05) is 31.2 Å². The van der Waals surface area contributed by atoms with Crippen LogP contribution < -0.4 is 11.1 Å². The highest BCUT2D eigenvalue weighted by Gasteiger charge is 2.11. The van der Waals surface area contributed by atoms with E-state index in [4.69, 9.17) is 5.73 Å². The van der Waals surface area contributed by atoms with Crippen molar-refractivity contribution in [3.8, 4) is 5.69 Å². The number of anilines is 1. The number of nitrogens with one attached hydrogen (secondary N) is 1. The lowest BCUT2D eigenvalue weighted by Crippen LogP contribution is -2.22. The van der Waals surface area contributed by atoms with Gasteiger partial charge in [0, 0.05) is 11.6 Å². The number of hydrogen-bond acceptors (Lipinski definition) is 4. The van der Waals surface area contributed by atoms with Crippen LogP contribution in [0.2, 0.25) is 0 Å². The molecule has 0 aliphatic heterocycles. The van der Waals surface area contributed by atoms with Crippen LogP contribution in [0.15, 0.2) is 36.7 Å². The smallest absolute Gasteiger partial charge is 0.227 e. The normalized spacial score (nSPS) is 12.1. The van der Waals surface area contributed by atoms with Crippen molar-refractivity contribution < 1.29 is 4.79 Å². The third-order valence-corrected chi connectivity index (χ3v) is 2.83. The number of carbonyl (C=O) groups is 1. The number of hydrogen-bond donors (Lipinski definition) is 2. The molecule has 1 aromatic carbocycles. The first-order chi connectivity index (χ1) is 9.20. The molecule has 2 rings (SSSR count). The second-order valence-corrected chi connectivity index (χ2v) is 4.33. The van der Waals surface area contributed by atoms with Crippen LogP contribution in [0.5, 0.6) is 0 Å². The Balaban J connectivity index is 2.01. The molecule has 2 aromatic rings. The monoisotopic (exact) mass is 259 g/mol. The average Bonchev–Trinajstić information content (AvgIpc) is 2.94. The molecule has 3 N–H and O–H groups in total. The van der Waals surface area contributed by atoms with Gasteiger partial charge in [-0.3, -0.25) is 4.79 Å². The molecule has 0 aliphatic rings. The molecule has 19 heavy (non-hydrogen) atoms. The Hall–Kier alpha value is -2.21. The Morgan fingerprint density at radius 3 is 2.53 bits per heavy atom. The predicted molar refractivity (Wildman–Crippen MR) is 72.8 cm³/mol. The highest BCUT2D eigenvalue weighted by Crippen LogP contribution is 2.13. The third-order valence-electron chi connectivity index (χ3n) is 2.83. The molecular weight excluding hydrogens is 242 g/mol. The molecule has 0 radical (unpaired) electrons. The van der Waals surface area contributed by atoms with Crippen molar-refractivity contribution in [3.63, 3.8) is 0 Å². The summed E-state index contributed by atoms with van der Waals surface area (Å²) in [6.45, 7) is 2.38. The first-order valence-corrected chi connectivity index (χ1v) is 6.18. The van der Waals surface area contributed by atoms with Crippen LogP contribution in [0.1, 0.15) is 13.3 Å². The van der Waals surface area contributed by atoms with E-state index < -0.39 is 0 Å². The van der Waals surface area contributed by atoms with Gasteiger partial charge in [-0.1, -0.05) is 6.92 Å². The molecule has 1 amide bonds. The zero-order valence-electron chi connectivity index (χ0n) is 10.8. The fraction of sp³-hybridized carbons (Fsp3) is 0.308. The zero-order valence-corrected chi connectivity index (χ0v) is 10.8. The summed E-state index contributed by atoms with van der Waals surface area (Å²) in [4.78, 5) is 13.3. The number of rotatable bonds is 5. The van der Waals surface area contributed by atoms with Crippen molar-refractivity contribution in [1.29, 1.82) is 0 Å². The second kappa shape index (κ2) is 6.10. The quantitative estimate of drug-likeness (QED) is 0.844. The van der Waals surface area contributed by atoms with Crippen molar-refractivity contribution in [2.75, 3.05) is 11.9 Å². The van der Waals surface area contributed by atoms with Crippen molar-refractivity contribution in [3.05, 3.63) is 36.7 Å². The number of nitrogens with two attached hydrogens (primary N) is 1. The van der Waals surface area contributed by atoms with Crippen LogP contribution in [-0.4, -0.2) is 27.4 Å². The van der Waals surface area contributed by atoms with E-state index in [9.17, 15) is 4.79 Å². The fourth-order valence-electron chi connectivity index (χ4n) is 1.67. The van der Waals surface area contributed by atoms with Crippen LogP contribution in [0.25, 0.3) is 5.69 Å². The maximum atomic E-state index is 11.8. The van der Waals surface area contributed by atoms with Gasteiger partial charge in [0.1, 0.15) is 0 Å². The standard InChI is InChI=1S/C13H17N5O/c1-10(6-7-14)13(19)17-11-2-4-12(5-3-11)18-15-8-9-16-18/h2-5,8-10H,6-7,14H2,1H3,(H,17,19). The number of aromatic nitrogens is 3. The van der Waals surface area contributed by atoms with E-state index in [1.54, 1.807) is 12.4 Å². The Kier molecular flexibility index (Phi) is 4.25. The van der Waals surface area contributed by atoms with Gasteiger partial charge in [0.15, 0.2) is 0 Å². The molecule has 0 fully saturated rings. The Labute approximate surface area is 111 Å². The molecule has 1 unspecified atom stereocenters. The molecule has 0 bridgehead atoms. The van der Waals surface area contributed by atoms with E-state index in [2.05, 4.69) is 15.5 Å². The van der Waals surface area contributed by atoms with Gasteiger partial charge >= 0.3 is 0 Å². The van der Waals surface area contributed by atoms with Crippen LogP contribution >= 0.6 is 0 Å². The summed E-state index contributed by atoms with van der Waals surface area (Å²) in [7, 11) is 0. The number of amides is 1. The molecule has 1 heterocycles. The van der Waals surface area contributed by atoms with Crippen LogP contribution in [0.4, 0.5) is 5.69 Å². The average molecular weight is 259 g/mol.